The minimum Gasteiger partial charge on any atom is -0.365 e. The lowest BCUT2D eigenvalue weighted by Gasteiger charge is -2.57. The Labute approximate surface area is 177 Å². The third-order valence-electron chi connectivity index (χ3n) is 7.31. The van der Waals surface area contributed by atoms with E-state index in [2.05, 4.69) is 14.8 Å². The van der Waals surface area contributed by atoms with Gasteiger partial charge in [-0.05, 0) is 73.9 Å². The molecule has 0 spiro atoms. The molecule has 4 atom stereocenters. The third-order valence-corrected chi connectivity index (χ3v) is 7.31. The highest BCUT2D eigenvalue weighted by Gasteiger charge is 2.47. The fourth-order valence-electron chi connectivity index (χ4n) is 6.11. The van der Waals surface area contributed by atoms with E-state index in [-0.39, 0.29) is 5.82 Å². The number of anilines is 1. The number of hydrogen-bond acceptors (Lipinski definition) is 4. The fourth-order valence-corrected chi connectivity index (χ4v) is 6.11. The van der Waals surface area contributed by atoms with Gasteiger partial charge in [0.2, 0.25) is 0 Å². The molecular weight excluding hydrogens is 379 g/mol. The molecule has 0 radical (unpaired) electrons. The Morgan fingerprint density at radius 1 is 1.17 bits per heavy atom. The summed E-state index contributed by atoms with van der Waals surface area (Å²) in [6, 6.07) is 11.5. The van der Waals surface area contributed by atoms with Gasteiger partial charge in [0.05, 0.1) is 5.56 Å². The van der Waals surface area contributed by atoms with Crippen LogP contribution < -0.4 is 10.6 Å². The van der Waals surface area contributed by atoms with E-state index in [1.165, 1.54) is 31.7 Å². The van der Waals surface area contributed by atoms with Crippen molar-refractivity contribution >= 4 is 11.7 Å². The lowest BCUT2D eigenvalue weighted by Crippen LogP contribution is -2.64. The van der Waals surface area contributed by atoms with Gasteiger partial charge in [-0.3, -0.25) is 9.69 Å². The summed E-state index contributed by atoms with van der Waals surface area (Å²) in [5, 5.41) is 0. The summed E-state index contributed by atoms with van der Waals surface area (Å²) in [5.41, 5.74) is 7.20. The van der Waals surface area contributed by atoms with Crippen LogP contribution in [0.25, 0.3) is 0 Å². The van der Waals surface area contributed by atoms with Gasteiger partial charge in [0.25, 0.3) is 5.91 Å². The van der Waals surface area contributed by atoms with E-state index in [0.29, 0.717) is 35.3 Å². The Morgan fingerprint density at radius 3 is 2.87 bits per heavy atom. The highest BCUT2D eigenvalue weighted by Crippen LogP contribution is 2.43. The van der Waals surface area contributed by atoms with Gasteiger partial charge in [-0.1, -0.05) is 18.6 Å². The topological polar surface area (TPSA) is 62.5 Å². The number of aromatic nitrogens is 1. The van der Waals surface area contributed by atoms with Crippen LogP contribution in [-0.4, -0.2) is 47.5 Å². The number of amides is 1. The second-order valence-corrected chi connectivity index (χ2v) is 9.10. The van der Waals surface area contributed by atoms with Crippen LogP contribution in [-0.2, 0) is 6.42 Å². The SMILES string of the molecule is NC(=O)c1cccnc1N1C[C@H]2C[C@@H](C1)[C@H](Cc1cccc(F)c1)N1CCCC[C@@H]21. The van der Waals surface area contributed by atoms with Crippen molar-refractivity contribution in [3.8, 4) is 0 Å². The molecule has 158 valence electrons. The maximum absolute atomic E-state index is 13.8. The summed E-state index contributed by atoms with van der Waals surface area (Å²) >= 11 is 0. The van der Waals surface area contributed by atoms with Gasteiger partial charge in [0.1, 0.15) is 11.6 Å². The molecule has 6 heteroatoms. The summed E-state index contributed by atoms with van der Waals surface area (Å²) in [7, 11) is 0. The number of pyridine rings is 1. The van der Waals surface area contributed by atoms with Crippen molar-refractivity contribution < 1.29 is 9.18 Å². The molecule has 5 nitrogen and oxygen atoms in total. The molecule has 1 aromatic heterocycles. The van der Waals surface area contributed by atoms with E-state index >= 15 is 0 Å². The predicted molar refractivity (Wildman–Crippen MR) is 115 cm³/mol. The van der Waals surface area contributed by atoms with Crippen LogP contribution >= 0.6 is 0 Å². The molecule has 2 bridgehead atoms. The normalized spacial score (nSPS) is 28.8. The molecule has 3 aliphatic rings. The highest BCUT2D eigenvalue weighted by molar-refractivity contribution is 5.97. The van der Waals surface area contributed by atoms with Crippen molar-refractivity contribution in [2.45, 2.75) is 44.2 Å². The maximum Gasteiger partial charge on any atom is 0.252 e. The van der Waals surface area contributed by atoms with Gasteiger partial charge in [0, 0.05) is 31.4 Å². The van der Waals surface area contributed by atoms with E-state index in [1.54, 1.807) is 24.4 Å². The van der Waals surface area contributed by atoms with Crippen molar-refractivity contribution in [1.29, 1.82) is 0 Å². The first-order valence-electron chi connectivity index (χ1n) is 11.1. The number of halogens is 1. The van der Waals surface area contributed by atoms with Crippen LogP contribution in [0.1, 0.15) is 41.6 Å². The highest BCUT2D eigenvalue weighted by atomic mass is 19.1. The number of benzene rings is 1. The molecule has 1 amide bonds. The van der Waals surface area contributed by atoms with Gasteiger partial charge in [0.15, 0.2) is 0 Å². The first-order chi connectivity index (χ1) is 14.6. The Balaban J connectivity index is 1.46. The Kier molecular flexibility index (Phi) is 5.19. The van der Waals surface area contributed by atoms with E-state index in [0.717, 1.165) is 31.6 Å². The van der Waals surface area contributed by atoms with E-state index in [9.17, 15) is 9.18 Å². The summed E-state index contributed by atoms with van der Waals surface area (Å²) in [6.45, 7) is 2.91. The zero-order valence-corrected chi connectivity index (χ0v) is 17.2. The lowest BCUT2D eigenvalue weighted by atomic mass is 9.71. The van der Waals surface area contributed by atoms with Crippen molar-refractivity contribution in [1.82, 2.24) is 9.88 Å². The van der Waals surface area contributed by atoms with Crippen LogP contribution in [0.5, 0.6) is 0 Å². The predicted octanol–water partition coefficient (Wildman–Crippen LogP) is 3.24. The number of nitrogens with two attached hydrogens (primary N) is 1. The molecule has 3 fully saturated rings. The summed E-state index contributed by atoms with van der Waals surface area (Å²) < 4.78 is 13.8. The second-order valence-electron chi connectivity index (χ2n) is 9.10. The van der Waals surface area contributed by atoms with Crippen molar-refractivity contribution in [3.63, 3.8) is 0 Å². The summed E-state index contributed by atoms with van der Waals surface area (Å²) in [5.74, 6) is 1.15. The van der Waals surface area contributed by atoms with Crippen molar-refractivity contribution in [2.75, 3.05) is 24.5 Å². The number of fused-ring (bicyclic) bond motifs is 4. The Hall–Kier alpha value is -2.47. The molecule has 0 unspecified atom stereocenters. The Bertz CT molecular complexity index is 935. The average molecular weight is 409 g/mol. The molecule has 0 saturated carbocycles. The van der Waals surface area contributed by atoms with Gasteiger partial charge in [-0.25, -0.2) is 9.37 Å². The standard InChI is InChI=1S/C24H29FN4O/c25-19-6-3-5-16(11-19)12-22-18-13-17(21-8-1-2-10-29(21)22)14-28(15-18)24-20(23(26)30)7-4-9-27-24/h3-7,9,11,17-18,21-22H,1-2,8,10,12-15H2,(H2,26,30)/t17-,18+,21+,22+/m1/s1. The minimum absolute atomic E-state index is 0.166. The van der Waals surface area contributed by atoms with E-state index < -0.39 is 5.91 Å². The molecule has 3 aliphatic heterocycles. The molecule has 1 aromatic carbocycles. The number of rotatable bonds is 4. The first-order valence-corrected chi connectivity index (χ1v) is 11.1. The first kappa shape index (κ1) is 19.5. The zero-order chi connectivity index (χ0) is 20.7. The van der Waals surface area contributed by atoms with Crippen LogP contribution in [0.3, 0.4) is 0 Å². The van der Waals surface area contributed by atoms with Gasteiger partial charge >= 0.3 is 0 Å². The molecule has 30 heavy (non-hydrogen) atoms. The molecular formula is C24H29FN4O. The zero-order valence-electron chi connectivity index (χ0n) is 17.2. The van der Waals surface area contributed by atoms with Crippen molar-refractivity contribution in [3.05, 3.63) is 59.5 Å². The van der Waals surface area contributed by atoms with Gasteiger partial charge in [-0.2, -0.15) is 0 Å². The monoisotopic (exact) mass is 408 g/mol. The number of nitrogens with zero attached hydrogens (tertiary/aromatic N) is 3. The fraction of sp³-hybridized carbons (Fsp3) is 0.500. The largest absolute Gasteiger partial charge is 0.365 e. The summed E-state index contributed by atoms with van der Waals surface area (Å²) in [4.78, 5) is 21.5. The van der Waals surface area contributed by atoms with Crippen LogP contribution in [0.15, 0.2) is 42.6 Å². The number of piperidine rings is 3. The smallest absolute Gasteiger partial charge is 0.252 e. The molecule has 0 aliphatic carbocycles. The number of primary amides is 1. The molecule has 2 N–H and O–H groups in total. The van der Waals surface area contributed by atoms with Gasteiger partial charge in [-0.15, -0.1) is 0 Å². The van der Waals surface area contributed by atoms with Crippen LogP contribution in [0.4, 0.5) is 10.2 Å². The third kappa shape index (κ3) is 3.58. The molecule has 5 rings (SSSR count). The average Bonchev–Trinajstić information content (AvgIpc) is 2.76. The lowest BCUT2D eigenvalue weighted by molar-refractivity contribution is -0.0318. The van der Waals surface area contributed by atoms with Gasteiger partial charge < -0.3 is 10.6 Å². The number of carbonyl (C=O) groups is 1. The molecule has 4 heterocycles. The molecule has 3 saturated heterocycles. The molecule has 2 aromatic rings. The van der Waals surface area contributed by atoms with Crippen LogP contribution in [0, 0.1) is 17.7 Å². The maximum atomic E-state index is 13.8. The van der Waals surface area contributed by atoms with Crippen molar-refractivity contribution in [2.24, 2.45) is 17.6 Å². The number of hydrogen-bond donors (Lipinski definition) is 1. The quantitative estimate of drug-likeness (QED) is 0.844. The van der Waals surface area contributed by atoms with E-state index in [1.807, 2.05) is 12.1 Å². The second kappa shape index (κ2) is 7.99. The number of carbonyl (C=O) groups excluding carboxylic acids is 1. The summed E-state index contributed by atoms with van der Waals surface area (Å²) in [6.07, 6.45) is 7.52. The minimum atomic E-state index is -0.426. The van der Waals surface area contributed by atoms with E-state index in [4.69, 9.17) is 5.73 Å². The Morgan fingerprint density at radius 2 is 2.03 bits per heavy atom. The van der Waals surface area contributed by atoms with Crippen LogP contribution in [0.2, 0.25) is 0 Å².